The van der Waals surface area contributed by atoms with Gasteiger partial charge >= 0.3 is 6.01 Å². The van der Waals surface area contributed by atoms with E-state index in [9.17, 15) is 14.4 Å². The summed E-state index contributed by atoms with van der Waals surface area (Å²) in [4.78, 5) is 42.1. The number of benzene rings is 3. The van der Waals surface area contributed by atoms with Gasteiger partial charge < -0.3 is 14.5 Å². The summed E-state index contributed by atoms with van der Waals surface area (Å²) in [6.45, 7) is 1.92. The Kier molecular flexibility index (Phi) is 8.44. The molecule has 37 heavy (non-hydrogen) atoms. The van der Waals surface area contributed by atoms with Gasteiger partial charge in [0, 0.05) is 5.56 Å². The number of nitrogens with zero attached hydrogens (tertiary/aromatic N) is 1. The topological polar surface area (TPSA) is 111 Å². The minimum absolute atomic E-state index is 0.00943. The largest absolute Gasteiger partial charge is 0.457 e. The molecule has 0 radical (unpaired) electrons. The Balaban J connectivity index is 1.35. The second-order valence-corrected chi connectivity index (χ2v) is 8.36. The molecule has 3 aromatic carbocycles. The van der Waals surface area contributed by atoms with Crippen molar-refractivity contribution in [2.45, 2.75) is 32.2 Å². The van der Waals surface area contributed by atoms with Crippen LogP contribution in [0, 0.1) is 0 Å². The predicted octanol–water partition coefficient (Wildman–Crippen LogP) is 5.16. The molecule has 1 aromatic heterocycles. The van der Waals surface area contributed by atoms with Crippen molar-refractivity contribution in [3.05, 3.63) is 108 Å². The molecule has 1 heterocycles. The fourth-order valence-corrected chi connectivity index (χ4v) is 3.69. The molecule has 1 unspecified atom stereocenters. The van der Waals surface area contributed by atoms with Gasteiger partial charge in [0.15, 0.2) is 5.76 Å². The number of ketones is 1. The van der Waals surface area contributed by atoms with Gasteiger partial charge in [-0.05, 0) is 36.2 Å². The van der Waals surface area contributed by atoms with Crippen molar-refractivity contribution in [2.75, 3.05) is 5.32 Å². The Bertz CT molecular complexity index is 1350. The normalized spacial score (nSPS) is 11.4. The Morgan fingerprint density at radius 1 is 0.919 bits per heavy atom. The smallest absolute Gasteiger partial charge is 0.302 e. The van der Waals surface area contributed by atoms with E-state index >= 15 is 0 Å². The minimum atomic E-state index is -0.790. The van der Waals surface area contributed by atoms with E-state index in [2.05, 4.69) is 15.6 Å². The van der Waals surface area contributed by atoms with E-state index in [1.54, 1.807) is 36.4 Å². The summed E-state index contributed by atoms with van der Waals surface area (Å²) in [6, 6.07) is 24.3. The van der Waals surface area contributed by atoms with Gasteiger partial charge in [-0.2, -0.15) is 0 Å². The molecule has 0 aliphatic rings. The molecule has 0 saturated carbocycles. The van der Waals surface area contributed by atoms with Gasteiger partial charge in [0.2, 0.25) is 11.7 Å². The van der Waals surface area contributed by atoms with Gasteiger partial charge in [-0.25, -0.2) is 4.98 Å². The number of para-hydroxylation sites is 1. The van der Waals surface area contributed by atoms with Crippen LogP contribution in [0.25, 0.3) is 0 Å². The van der Waals surface area contributed by atoms with Gasteiger partial charge in [-0.1, -0.05) is 74.0 Å². The van der Waals surface area contributed by atoms with E-state index in [0.29, 0.717) is 29.9 Å². The highest BCUT2D eigenvalue weighted by Crippen LogP contribution is 2.22. The monoisotopic (exact) mass is 497 g/mol. The molecule has 0 aliphatic carbocycles. The third-order valence-corrected chi connectivity index (χ3v) is 5.47. The van der Waals surface area contributed by atoms with Gasteiger partial charge in [0.25, 0.3) is 5.91 Å². The highest BCUT2D eigenvalue weighted by atomic mass is 16.5. The second-order valence-electron chi connectivity index (χ2n) is 8.36. The molecule has 4 aromatic rings. The highest BCUT2D eigenvalue weighted by Gasteiger charge is 2.23. The fraction of sp³-hybridized carbons (Fsp3) is 0.172. The first-order valence-corrected chi connectivity index (χ1v) is 12.0. The van der Waals surface area contributed by atoms with Crippen LogP contribution in [0.2, 0.25) is 0 Å². The zero-order valence-corrected chi connectivity index (χ0v) is 20.3. The number of hydrogen-bond acceptors (Lipinski definition) is 6. The molecule has 8 nitrogen and oxygen atoms in total. The summed E-state index contributed by atoms with van der Waals surface area (Å²) >= 11 is 0. The lowest BCUT2D eigenvalue weighted by atomic mass is 10.1. The van der Waals surface area contributed by atoms with Gasteiger partial charge in [0.1, 0.15) is 17.5 Å². The third-order valence-electron chi connectivity index (χ3n) is 5.47. The summed E-state index contributed by atoms with van der Waals surface area (Å²) in [5.74, 6) is 0.198. The van der Waals surface area contributed by atoms with E-state index in [-0.39, 0.29) is 29.9 Å². The number of anilines is 1. The van der Waals surface area contributed by atoms with Crippen LogP contribution >= 0.6 is 0 Å². The average molecular weight is 498 g/mol. The second kappa shape index (κ2) is 12.3. The standard InChI is InChI=1S/C29H27N3O5/c1-2-10-24(28(35)32-29-30-19-25(37-29)27(34)21-12-5-3-6-13-21)31-26(33)18-20-11-9-16-23(17-20)36-22-14-7-4-8-15-22/h3-9,11-17,19,24H,2,10,18H2,1H3,(H,31,33)(H,30,32,35). The number of carbonyl (C=O) groups is 3. The number of hydrogen-bond donors (Lipinski definition) is 2. The van der Waals surface area contributed by atoms with Crippen molar-refractivity contribution < 1.29 is 23.5 Å². The SMILES string of the molecule is CCCC(NC(=O)Cc1cccc(Oc2ccccc2)c1)C(=O)Nc1ncc(C(=O)c2ccccc2)o1. The number of ether oxygens (including phenoxy) is 1. The molecule has 0 aliphatic heterocycles. The molecule has 8 heteroatoms. The Morgan fingerprint density at radius 2 is 1.62 bits per heavy atom. The van der Waals surface area contributed by atoms with Crippen LogP contribution < -0.4 is 15.4 Å². The van der Waals surface area contributed by atoms with Crippen molar-refractivity contribution in [3.8, 4) is 11.5 Å². The van der Waals surface area contributed by atoms with Gasteiger partial charge in [0.05, 0.1) is 12.6 Å². The van der Waals surface area contributed by atoms with Crippen LogP contribution in [0.4, 0.5) is 6.01 Å². The zero-order chi connectivity index (χ0) is 26.0. The van der Waals surface area contributed by atoms with Crippen LogP contribution in [0.3, 0.4) is 0 Å². The Morgan fingerprint density at radius 3 is 2.35 bits per heavy atom. The molecule has 0 spiro atoms. The van der Waals surface area contributed by atoms with Crippen molar-refractivity contribution in [1.82, 2.24) is 10.3 Å². The highest BCUT2D eigenvalue weighted by molar-refractivity contribution is 6.07. The fourth-order valence-electron chi connectivity index (χ4n) is 3.69. The molecule has 188 valence electrons. The molecule has 1 atom stereocenters. The summed E-state index contributed by atoms with van der Waals surface area (Å²) in [5.41, 5.74) is 1.20. The predicted molar refractivity (Wildman–Crippen MR) is 139 cm³/mol. The molecule has 0 fully saturated rings. The van der Waals surface area contributed by atoms with E-state index in [1.807, 2.05) is 55.5 Å². The van der Waals surface area contributed by atoms with Crippen molar-refractivity contribution in [1.29, 1.82) is 0 Å². The first kappa shape index (κ1) is 25.4. The maximum absolute atomic E-state index is 12.9. The number of carbonyl (C=O) groups excluding carboxylic acids is 3. The zero-order valence-electron chi connectivity index (χ0n) is 20.3. The molecule has 2 N–H and O–H groups in total. The number of amides is 2. The molecular formula is C29H27N3O5. The van der Waals surface area contributed by atoms with E-state index in [1.165, 1.54) is 6.20 Å². The van der Waals surface area contributed by atoms with Gasteiger partial charge in [-0.15, -0.1) is 0 Å². The molecule has 0 bridgehead atoms. The summed E-state index contributed by atoms with van der Waals surface area (Å²) < 4.78 is 11.3. The summed E-state index contributed by atoms with van der Waals surface area (Å²) in [6.07, 6.45) is 2.43. The minimum Gasteiger partial charge on any atom is -0.457 e. The number of rotatable bonds is 11. The summed E-state index contributed by atoms with van der Waals surface area (Å²) in [7, 11) is 0. The number of aromatic nitrogens is 1. The number of nitrogens with one attached hydrogen (secondary N) is 2. The quantitative estimate of drug-likeness (QED) is 0.277. The van der Waals surface area contributed by atoms with Crippen LogP contribution in [-0.2, 0) is 16.0 Å². The van der Waals surface area contributed by atoms with Gasteiger partial charge in [-0.3, -0.25) is 19.7 Å². The van der Waals surface area contributed by atoms with Crippen molar-refractivity contribution >= 4 is 23.6 Å². The molecule has 2 amide bonds. The lowest BCUT2D eigenvalue weighted by Gasteiger charge is -2.17. The Labute approximate surface area is 214 Å². The average Bonchev–Trinajstić information content (AvgIpc) is 3.37. The van der Waals surface area contributed by atoms with E-state index in [4.69, 9.17) is 9.15 Å². The van der Waals surface area contributed by atoms with Crippen LogP contribution in [0.1, 0.15) is 41.4 Å². The van der Waals surface area contributed by atoms with Crippen molar-refractivity contribution in [2.24, 2.45) is 0 Å². The van der Waals surface area contributed by atoms with E-state index < -0.39 is 11.9 Å². The van der Waals surface area contributed by atoms with Crippen LogP contribution in [-0.4, -0.2) is 28.6 Å². The lowest BCUT2D eigenvalue weighted by molar-refractivity contribution is -0.126. The maximum atomic E-state index is 12.9. The molecular weight excluding hydrogens is 470 g/mol. The molecule has 4 rings (SSSR count). The van der Waals surface area contributed by atoms with E-state index in [0.717, 1.165) is 5.56 Å². The number of oxazole rings is 1. The van der Waals surface area contributed by atoms with Crippen LogP contribution in [0.5, 0.6) is 11.5 Å². The van der Waals surface area contributed by atoms with Crippen LogP contribution in [0.15, 0.2) is 95.5 Å². The molecule has 0 saturated heterocycles. The third kappa shape index (κ3) is 7.14. The maximum Gasteiger partial charge on any atom is 0.302 e. The first-order chi connectivity index (χ1) is 18.0. The summed E-state index contributed by atoms with van der Waals surface area (Å²) in [5, 5.41) is 5.34. The van der Waals surface area contributed by atoms with Crippen molar-refractivity contribution in [3.63, 3.8) is 0 Å². The first-order valence-electron chi connectivity index (χ1n) is 12.0. The lowest BCUT2D eigenvalue weighted by Crippen LogP contribution is -2.44. The Hall–Kier alpha value is -4.72.